The van der Waals surface area contributed by atoms with Crippen molar-refractivity contribution in [3.8, 4) is 0 Å². The Labute approximate surface area is 138 Å². The molecule has 0 saturated heterocycles. The molecule has 7 heteroatoms. The van der Waals surface area contributed by atoms with E-state index in [0.717, 1.165) is 12.8 Å². The van der Waals surface area contributed by atoms with E-state index in [4.69, 9.17) is 10.5 Å². The number of guanidine groups is 1. The number of nitrogens with zero attached hydrogens (tertiary/aromatic N) is 1. The van der Waals surface area contributed by atoms with Crippen molar-refractivity contribution in [2.24, 2.45) is 10.7 Å². The molecule has 1 aliphatic rings. The quantitative estimate of drug-likeness (QED) is 0.276. The van der Waals surface area contributed by atoms with Gasteiger partial charge in [0.2, 0.25) is 0 Å². The van der Waals surface area contributed by atoms with Crippen molar-refractivity contribution >= 4 is 36.0 Å². The van der Waals surface area contributed by atoms with Gasteiger partial charge in [-0.25, -0.2) is 4.79 Å². The van der Waals surface area contributed by atoms with Gasteiger partial charge in [0, 0.05) is 19.1 Å². The Morgan fingerprint density at radius 2 is 2.00 bits per heavy atom. The minimum Gasteiger partial charge on any atom is -0.444 e. The van der Waals surface area contributed by atoms with Gasteiger partial charge in [0.1, 0.15) is 5.60 Å². The Morgan fingerprint density at radius 1 is 1.35 bits per heavy atom. The first-order valence-electron chi connectivity index (χ1n) is 6.90. The number of amides is 1. The third-order valence-electron chi connectivity index (χ3n) is 2.46. The highest BCUT2D eigenvalue weighted by Gasteiger charge is 2.21. The van der Waals surface area contributed by atoms with Gasteiger partial charge in [0.15, 0.2) is 5.96 Å². The second-order valence-corrected chi connectivity index (χ2v) is 5.82. The van der Waals surface area contributed by atoms with Crippen LogP contribution in [0.15, 0.2) is 4.99 Å². The van der Waals surface area contributed by atoms with Crippen molar-refractivity contribution < 1.29 is 9.53 Å². The lowest BCUT2D eigenvalue weighted by Gasteiger charge is -2.19. The lowest BCUT2D eigenvalue weighted by Crippen LogP contribution is -2.33. The summed E-state index contributed by atoms with van der Waals surface area (Å²) in [6, 6.07) is 0.539. The fraction of sp³-hybridized carbons (Fsp3) is 0.846. The Balaban J connectivity index is 0.00000361. The first kappa shape index (κ1) is 19.3. The highest BCUT2D eigenvalue weighted by molar-refractivity contribution is 14.0. The maximum absolute atomic E-state index is 11.3. The Kier molecular flexibility index (Phi) is 8.91. The summed E-state index contributed by atoms with van der Waals surface area (Å²) in [6.45, 7) is 6.81. The number of rotatable bonds is 6. The predicted octanol–water partition coefficient (Wildman–Crippen LogP) is 1.98. The summed E-state index contributed by atoms with van der Waals surface area (Å²) in [6.07, 6.45) is 3.76. The molecule has 20 heavy (non-hydrogen) atoms. The zero-order valence-electron chi connectivity index (χ0n) is 12.6. The van der Waals surface area contributed by atoms with Crippen LogP contribution < -0.4 is 16.4 Å². The first-order chi connectivity index (χ1) is 8.87. The molecule has 1 amide bonds. The van der Waals surface area contributed by atoms with Crippen LogP contribution in [0, 0.1) is 0 Å². The number of nitrogens with one attached hydrogen (secondary N) is 2. The van der Waals surface area contributed by atoms with E-state index in [1.165, 1.54) is 12.8 Å². The van der Waals surface area contributed by atoms with Crippen molar-refractivity contribution in [1.29, 1.82) is 0 Å². The van der Waals surface area contributed by atoms with Crippen molar-refractivity contribution in [2.45, 2.75) is 58.1 Å². The third kappa shape index (κ3) is 11.1. The maximum atomic E-state index is 11.3. The van der Waals surface area contributed by atoms with Gasteiger partial charge < -0.3 is 21.1 Å². The normalized spacial score (nSPS) is 15.2. The van der Waals surface area contributed by atoms with Gasteiger partial charge in [0.05, 0.1) is 0 Å². The standard InChI is InChI=1S/C13H26N4O2.HI/c1-13(2,3)19-12(18)16-9-5-4-8-15-11(14)17-10-6-7-10;/h10H,4-9H2,1-3H3,(H,16,18)(H3,14,15,17);1H. The Morgan fingerprint density at radius 3 is 2.55 bits per heavy atom. The van der Waals surface area contributed by atoms with Crippen LogP contribution in [0.3, 0.4) is 0 Å². The van der Waals surface area contributed by atoms with Gasteiger partial charge in [-0.1, -0.05) is 0 Å². The van der Waals surface area contributed by atoms with Crippen molar-refractivity contribution in [3.05, 3.63) is 0 Å². The molecule has 6 nitrogen and oxygen atoms in total. The van der Waals surface area contributed by atoms with Crippen LogP contribution in [0.2, 0.25) is 0 Å². The molecule has 0 bridgehead atoms. The van der Waals surface area contributed by atoms with Gasteiger partial charge in [-0.3, -0.25) is 4.99 Å². The fourth-order valence-corrected chi connectivity index (χ4v) is 1.42. The van der Waals surface area contributed by atoms with E-state index in [1.807, 2.05) is 20.8 Å². The monoisotopic (exact) mass is 398 g/mol. The highest BCUT2D eigenvalue weighted by Crippen LogP contribution is 2.17. The van der Waals surface area contributed by atoms with Crippen LogP contribution in [0.25, 0.3) is 0 Å². The SMILES string of the molecule is CC(C)(C)OC(=O)NCCCCN=C(N)NC1CC1.I. The number of aliphatic imine (C=N–C) groups is 1. The van der Waals surface area contributed by atoms with E-state index in [9.17, 15) is 4.79 Å². The van der Waals surface area contributed by atoms with Crippen molar-refractivity contribution in [2.75, 3.05) is 13.1 Å². The first-order valence-corrected chi connectivity index (χ1v) is 6.90. The van der Waals surface area contributed by atoms with E-state index in [0.29, 0.717) is 25.1 Å². The molecule has 0 aromatic carbocycles. The molecule has 0 radical (unpaired) electrons. The highest BCUT2D eigenvalue weighted by atomic mass is 127. The molecule has 0 aliphatic heterocycles. The average Bonchev–Trinajstić information content (AvgIpc) is 3.04. The van der Waals surface area contributed by atoms with E-state index in [2.05, 4.69) is 15.6 Å². The van der Waals surface area contributed by atoms with Crippen LogP contribution in [0.5, 0.6) is 0 Å². The molecular weight excluding hydrogens is 371 g/mol. The van der Waals surface area contributed by atoms with E-state index in [1.54, 1.807) is 0 Å². The molecule has 118 valence electrons. The maximum Gasteiger partial charge on any atom is 0.407 e. The molecule has 0 aromatic rings. The molecule has 4 N–H and O–H groups in total. The summed E-state index contributed by atoms with van der Waals surface area (Å²) in [5.74, 6) is 0.530. The third-order valence-corrected chi connectivity index (χ3v) is 2.46. The van der Waals surface area contributed by atoms with Crippen molar-refractivity contribution in [1.82, 2.24) is 10.6 Å². The van der Waals surface area contributed by atoms with Crippen LogP contribution >= 0.6 is 24.0 Å². The van der Waals surface area contributed by atoms with Gasteiger partial charge in [0.25, 0.3) is 0 Å². The van der Waals surface area contributed by atoms with Crippen LogP contribution in [-0.2, 0) is 4.74 Å². The zero-order chi connectivity index (χ0) is 14.3. The topological polar surface area (TPSA) is 88.7 Å². The summed E-state index contributed by atoms with van der Waals surface area (Å²) in [4.78, 5) is 15.6. The molecule has 0 aromatic heterocycles. The summed E-state index contributed by atoms with van der Waals surface area (Å²) in [7, 11) is 0. The lowest BCUT2D eigenvalue weighted by atomic mass is 10.2. The number of ether oxygens (including phenoxy) is 1. The summed E-state index contributed by atoms with van der Waals surface area (Å²) < 4.78 is 5.13. The van der Waals surface area contributed by atoms with Crippen LogP contribution in [0.1, 0.15) is 46.5 Å². The molecule has 1 saturated carbocycles. The van der Waals surface area contributed by atoms with Gasteiger partial charge in [-0.05, 0) is 46.5 Å². The number of hydrogen-bond donors (Lipinski definition) is 3. The van der Waals surface area contributed by atoms with Crippen LogP contribution in [0.4, 0.5) is 4.79 Å². The fourth-order valence-electron chi connectivity index (χ4n) is 1.42. The molecule has 1 rings (SSSR count). The number of carbonyl (C=O) groups excluding carboxylic acids is 1. The zero-order valence-corrected chi connectivity index (χ0v) is 14.9. The van der Waals surface area contributed by atoms with Crippen LogP contribution in [-0.4, -0.2) is 36.8 Å². The van der Waals surface area contributed by atoms with Gasteiger partial charge >= 0.3 is 6.09 Å². The number of unbranched alkanes of at least 4 members (excludes halogenated alkanes) is 1. The average molecular weight is 398 g/mol. The molecule has 0 spiro atoms. The molecule has 1 aliphatic carbocycles. The minimum atomic E-state index is -0.447. The summed E-state index contributed by atoms with van der Waals surface area (Å²) in [5.41, 5.74) is 5.25. The molecule has 0 heterocycles. The lowest BCUT2D eigenvalue weighted by molar-refractivity contribution is 0.0527. The second kappa shape index (κ2) is 9.25. The number of carbonyl (C=O) groups is 1. The van der Waals surface area contributed by atoms with Gasteiger partial charge in [-0.2, -0.15) is 0 Å². The number of halogens is 1. The van der Waals surface area contributed by atoms with E-state index < -0.39 is 5.60 Å². The Bertz CT molecular complexity index is 325. The predicted molar refractivity (Wildman–Crippen MR) is 91.5 cm³/mol. The molecular formula is C13H27IN4O2. The van der Waals surface area contributed by atoms with Crippen molar-refractivity contribution in [3.63, 3.8) is 0 Å². The van der Waals surface area contributed by atoms with Gasteiger partial charge in [-0.15, -0.1) is 24.0 Å². The summed E-state index contributed by atoms with van der Waals surface area (Å²) >= 11 is 0. The molecule has 0 atom stereocenters. The van der Waals surface area contributed by atoms with E-state index in [-0.39, 0.29) is 30.1 Å². The minimum absolute atomic E-state index is 0. The Hall–Kier alpha value is -0.730. The number of alkyl carbamates (subject to hydrolysis) is 1. The largest absolute Gasteiger partial charge is 0.444 e. The smallest absolute Gasteiger partial charge is 0.407 e. The van der Waals surface area contributed by atoms with E-state index >= 15 is 0 Å². The molecule has 0 unspecified atom stereocenters. The number of nitrogens with two attached hydrogens (primary N) is 1. The second-order valence-electron chi connectivity index (χ2n) is 5.82. The molecule has 1 fully saturated rings. The number of hydrogen-bond acceptors (Lipinski definition) is 3. The summed E-state index contributed by atoms with van der Waals surface area (Å²) in [5, 5.41) is 5.84.